The number of halogens is 2. The average molecular weight is 355 g/mol. The summed E-state index contributed by atoms with van der Waals surface area (Å²) in [5.41, 5.74) is 8.13. The molecule has 3 N–H and O–H groups in total. The lowest BCUT2D eigenvalue weighted by molar-refractivity contribution is 0.161. The first-order valence-electron chi connectivity index (χ1n) is 6.24. The molecule has 0 aliphatic carbocycles. The summed E-state index contributed by atoms with van der Waals surface area (Å²) in [5.74, 6) is 0.853. The van der Waals surface area contributed by atoms with Crippen molar-refractivity contribution in [2.24, 2.45) is 5.73 Å². The zero-order valence-electron chi connectivity index (χ0n) is 10.5. The Morgan fingerprint density at radius 2 is 2.05 bits per heavy atom. The van der Waals surface area contributed by atoms with Crippen molar-refractivity contribution in [2.75, 3.05) is 0 Å². The van der Waals surface area contributed by atoms with Crippen molar-refractivity contribution >= 4 is 27.5 Å². The highest BCUT2D eigenvalue weighted by Gasteiger charge is 2.27. The van der Waals surface area contributed by atoms with Crippen LogP contribution >= 0.6 is 27.5 Å². The molecule has 0 bridgehead atoms. The van der Waals surface area contributed by atoms with E-state index in [0.717, 1.165) is 21.3 Å². The molecule has 0 saturated carbocycles. The zero-order valence-corrected chi connectivity index (χ0v) is 12.9. The molecule has 2 aromatic carbocycles. The molecule has 0 aromatic heterocycles. The van der Waals surface area contributed by atoms with E-state index in [1.54, 1.807) is 12.1 Å². The SMILES string of the molecule is N[C@@H]1CC(c2ccc(O)c(Cl)c2)Oc2cc(Br)ccc21. The van der Waals surface area contributed by atoms with E-state index in [1.807, 2.05) is 24.3 Å². The molecule has 3 nitrogen and oxygen atoms in total. The van der Waals surface area contributed by atoms with Gasteiger partial charge in [-0.05, 0) is 29.8 Å². The van der Waals surface area contributed by atoms with Crippen molar-refractivity contribution < 1.29 is 9.84 Å². The van der Waals surface area contributed by atoms with Crippen LogP contribution < -0.4 is 10.5 Å². The summed E-state index contributed by atoms with van der Waals surface area (Å²) in [6.45, 7) is 0. The lowest BCUT2D eigenvalue weighted by atomic mass is 9.93. The van der Waals surface area contributed by atoms with E-state index in [9.17, 15) is 5.11 Å². The predicted molar refractivity (Wildman–Crippen MR) is 82.2 cm³/mol. The van der Waals surface area contributed by atoms with Gasteiger partial charge in [-0.25, -0.2) is 0 Å². The van der Waals surface area contributed by atoms with E-state index in [4.69, 9.17) is 22.1 Å². The number of ether oxygens (including phenoxy) is 1. The summed E-state index contributed by atoms with van der Waals surface area (Å²) in [4.78, 5) is 0. The van der Waals surface area contributed by atoms with Crippen LogP contribution in [-0.2, 0) is 0 Å². The van der Waals surface area contributed by atoms with Crippen LogP contribution in [0.3, 0.4) is 0 Å². The molecule has 5 heteroatoms. The standard InChI is InChI=1S/C15H13BrClNO2/c16-9-2-3-10-12(18)7-14(20-15(10)6-9)8-1-4-13(19)11(17)5-8/h1-6,12,14,19H,7,18H2/t12-,14?/m1/s1. The molecule has 2 atom stereocenters. The van der Waals surface area contributed by atoms with Crippen LogP contribution in [0.1, 0.15) is 29.7 Å². The molecule has 3 rings (SSSR count). The molecular formula is C15H13BrClNO2. The van der Waals surface area contributed by atoms with Gasteiger partial charge >= 0.3 is 0 Å². The van der Waals surface area contributed by atoms with Crippen molar-refractivity contribution in [2.45, 2.75) is 18.6 Å². The minimum Gasteiger partial charge on any atom is -0.506 e. The Bertz CT molecular complexity index is 662. The molecule has 104 valence electrons. The Morgan fingerprint density at radius 1 is 1.25 bits per heavy atom. The van der Waals surface area contributed by atoms with Crippen molar-refractivity contribution in [3.8, 4) is 11.5 Å². The molecule has 20 heavy (non-hydrogen) atoms. The van der Waals surface area contributed by atoms with Gasteiger partial charge < -0.3 is 15.6 Å². The second-order valence-electron chi connectivity index (χ2n) is 4.84. The molecule has 0 radical (unpaired) electrons. The fourth-order valence-electron chi connectivity index (χ4n) is 2.40. The molecule has 0 fully saturated rings. The minimum absolute atomic E-state index is 0.0682. The van der Waals surface area contributed by atoms with Crippen molar-refractivity contribution in [3.05, 3.63) is 57.0 Å². The van der Waals surface area contributed by atoms with Crippen molar-refractivity contribution in [1.82, 2.24) is 0 Å². The molecule has 1 aliphatic rings. The molecule has 2 aromatic rings. The van der Waals surface area contributed by atoms with E-state index < -0.39 is 0 Å². The number of fused-ring (bicyclic) bond motifs is 1. The summed E-state index contributed by atoms with van der Waals surface area (Å²) < 4.78 is 6.97. The second-order valence-corrected chi connectivity index (χ2v) is 6.16. The monoisotopic (exact) mass is 353 g/mol. The van der Waals surface area contributed by atoms with Crippen molar-refractivity contribution in [3.63, 3.8) is 0 Å². The summed E-state index contributed by atoms with van der Waals surface area (Å²) in [7, 11) is 0. The lowest BCUT2D eigenvalue weighted by Gasteiger charge is -2.30. The predicted octanol–water partition coefficient (Wildman–Crippen LogP) is 4.33. The quantitative estimate of drug-likeness (QED) is 0.801. The van der Waals surface area contributed by atoms with Gasteiger partial charge in [-0.3, -0.25) is 0 Å². The van der Waals surface area contributed by atoms with Crippen LogP contribution in [0.15, 0.2) is 40.9 Å². The van der Waals surface area contributed by atoms with Gasteiger partial charge in [0, 0.05) is 22.5 Å². The zero-order chi connectivity index (χ0) is 14.3. The van der Waals surface area contributed by atoms with Gasteiger partial charge in [0.15, 0.2) is 0 Å². The summed E-state index contributed by atoms with van der Waals surface area (Å²) >= 11 is 9.38. The van der Waals surface area contributed by atoms with Gasteiger partial charge in [0.05, 0.1) is 5.02 Å². The highest BCUT2D eigenvalue weighted by molar-refractivity contribution is 9.10. The van der Waals surface area contributed by atoms with E-state index >= 15 is 0 Å². The number of hydrogen-bond acceptors (Lipinski definition) is 3. The number of benzene rings is 2. The molecule has 1 aliphatic heterocycles. The number of phenolic OH excluding ortho intramolecular Hbond substituents is 1. The maximum atomic E-state index is 9.48. The molecule has 1 unspecified atom stereocenters. The van der Waals surface area contributed by atoms with Gasteiger partial charge in [-0.15, -0.1) is 0 Å². The van der Waals surface area contributed by atoms with Crippen LogP contribution in [0.25, 0.3) is 0 Å². The molecule has 0 amide bonds. The Hall–Kier alpha value is -1.23. The fraction of sp³-hybridized carbons (Fsp3) is 0.200. The first-order chi connectivity index (χ1) is 9.54. The molecule has 1 heterocycles. The number of nitrogens with two attached hydrogens (primary N) is 1. The van der Waals surface area contributed by atoms with Gasteiger partial charge in [0.25, 0.3) is 0 Å². The largest absolute Gasteiger partial charge is 0.506 e. The van der Waals surface area contributed by atoms with E-state index in [1.165, 1.54) is 0 Å². The first kappa shape index (κ1) is 13.7. The topological polar surface area (TPSA) is 55.5 Å². The van der Waals surface area contributed by atoms with E-state index in [0.29, 0.717) is 11.4 Å². The van der Waals surface area contributed by atoms with Crippen LogP contribution in [0.5, 0.6) is 11.5 Å². The lowest BCUT2D eigenvalue weighted by Crippen LogP contribution is -2.24. The van der Waals surface area contributed by atoms with Gasteiger partial charge in [-0.2, -0.15) is 0 Å². The third-order valence-electron chi connectivity index (χ3n) is 3.46. The first-order valence-corrected chi connectivity index (χ1v) is 7.42. The Kier molecular flexibility index (Phi) is 3.63. The maximum absolute atomic E-state index is 9.48. The second kappa shape index (κ2) is 5.28. The highest BCUT2D eigenvalue weighted by Crippen LogP contribution is 2.41. The molecule has 0 spiro atoms. The van der Waals surface area contributed by atoms with Crippen LogP contribution in [0.2, 0.25) is 5.02 Å². The third-order valence-corrected chi connectivity index (χ3v) is 4.25. The van der Waals surface area contributed by atoms with Crippen molar-refractivity contribution in [1.29, 1.82) is 0 Å². The Morgan fingerprint density at radius 3 is 2.80 bits per heavy atom. The number of phenols is 1. The number of hydrogen-bond donors (Lipinski definition) is 2. The summed E-state index contributed by atoms with van der Waals surface area (Å²) in [6.07, 6.45) is 0.514. The highest BCUT2D eigenvalue weighted by atomic mass is 79.9. The Balaban J connectivity index is 1.96. The van der Waals surface area contributed by atoms with Gasteiger partial charge in [0.1, 0.15) is 17.6 Å². The number of aromatic hydroxyl groups is 1. The average Bonchev–Trinajstić information content (AvgIpc) is 2.41. The van der Waals surface area contributed by atoms with Crippen LogP contribution in [-0.4, -0.2) is 5.11 Å². The Labute approximate surface area is 130 Å². The summed E-state index contributed by atoms with van der Waals surface area (Å²) in [5, 5.41) is 9.80. The van der Waals surface area contributed by atoms with E-state index in [-0.39, 0.29) is 17.9 Å². The smallest absolute Gasteiger partial charge is 0.134 e. The molecular weight excluding hydrogens is 342 g/mol. The minimum atomic E-state index is -0.162. The molecule has 0 saturated heterocycles. The van der Waals surface area contributed by atoms with Crippen LogP contribution in [0.4, 0.5) is 0 Å². The fourth-order valence-corrected chi connectivity index (χ4v) is 2.93. The normalized spacial score (nSPS) is 21.1. The maximum Gasteiger partial charge on any atom is 0.134 e. The third kappa shape index (κ3) is 2.51. The van der Waals surface area contributed by atoms with Crippen LogP contribution in [0, 0.1) is 0 Å². The van der Waals surface area contributed by atoms with E-state index in [2.05, 4.69) is 15.9 Å². The number of rotatable bonds is 1. The summed E-state index contributed by atoms with van der Waals surface area (Å²) in [6, 6.07) is 10.9. The van der Waals surface area contributed by atoms with Gasteiger partial charge in [0.2, 0.25) is 0 Å². The van der Waals surface area contributed by atoms with Gasteiger partial charge in [-0.1, -0.05) is 39.7 Å².